The molecule has 3 aromatic rings. The number of nitrogens with zero attached hydrogens (tertiary/aromatic N) is 2. The fraction of sp³-hybridized carbons (Fsp3) is 0.167. The monoisotopic (exact) mass is 410 g/mol. The second kappa shape index (κ2) is 8.41. The van der Waals surface area contributed by atoms with Crippen molar-refractivity contribution in [3.05, 3.63) is 75.9 Å². The van der Waals surface area contributed by atoms with Crippen LogP contribution in [0, 0.1) is 5.82 Å². The van der Waals surface area contributed by atoms with E-state index in [4.69, 9.17) is 34.7 Å². The fourth-order valence-corrected chi connectivity index (χ4v) is 3.88. The highest BCUT2D eigenvalue weighted by atomic mass is 35.5. The first-order chi connectivity index (χ1) is 12.5. The van der Waals surface area contributed by atoms with Crippen molar-refractivity contribution < 1.29 is 4.39 Å². The summed E-state index contributed by atoms with van der Waals surface area (Å²) in [5.74, 6) is 0.644. The number of thioether (sulfide) groups is 1. The van der Waals surface area contributed by atoms with Gasteiger partial charge in [0.2, 0.25) is 0 Å². The van der Waals surface area contributed by atoms with Gasteiger partial charge in [-0.25, -0.2) is 9.37 Å². The van der Waals surface area contributed by atoms with Gasteiger partial charge in [-0.3, -0.25) is 0 Å². The Hall–Kier alpha value is -1.57. The van der Waals surface area contributed by atoms with Gasteiger partial charge in [-0.05, 0) is 30.3 Å². The van der Waals surface area contributed by atoms with Crippen molar-refractivity contribution in [2.75, 3.05) is 6.54 Å². The van der Waals surface area contributed by atoms with E-state index >= 15 is 0 Å². The van der Waals surface area contributed by atoms with Gasteiger partial charge in [0.15, 0.2) is 0 Å². The van der Waals surface area contributed by atoms with Crippen LogP contribution in [0.2, 0.25) is 10.0 Å². The molecular formula is C18H17Cl2FN4S. The minimum Gasteiger partial charge on any atom is -0.328 e. The first kappa shape index (κ1) is 19.2. The van der Waals surface area contributed by atoms with Crippen LogP contribution in [0.5, 0.6) is 0 Å². The quantitative estimate of drug-likeness (QED) is 0.583. The molecule has 0 fully saturated rings. The minimum atomic E-state index is -0.430. The summed E-state index contributed by atoms with van der Waals surface area (Å²) in [6.07, 6.45) is 1.84. The second-order valence-corrected chi connectivity index (χ2v) is 7.46. The van der Waals surface area contributed by atoms with E-state index in [1.54, 1.807) is 18.2 Å². The summed E-state index contributed by atoms with van der Waals surface area (Å²) in [6, 6.07) is 11.6. The van der Waals surface area contributed by atoms with Crippen molar-refractivity contribution >= 4 is 35.0 Å². The molecule has 1 heterocycles. The van der Waals surface area contributed by atoms with Crippen molar-refractivity contribution in [1.82, 2.24) is 9.55 Å². The van der Waals surface area contributed by atoms with Gasteiger partial charge in [-0.2, -0.15) is 0 Å². The molecule has 0 aliphatic heterocycles. The zero-order chi connectivity index (χ0) is 18.7. The molecule has 2 aromatic carbocycles. The van der Waals surface area contributed by atoms with Gasteiger partial charge in [0.05, 0.1) is 6.04 Å². The zero-order valence-corrected chi connectivity index (χ0v) is 16.0. The Bertz CT molecular complexity index is 896. The molecule has 3 rings (SSSR count). The number of rotatable bonds is 6. The predicted octanol–water partition coefficient (Wildman–Crippen LogP) is 4.57. The number of nitrogens with two attached hydrogens (primary N) is 2. The topological polar surface area (TPSA) is 69.9 Å². The summed E-state index contributed by atoms with van der Waals surface area (Å²) < 4.78 is 15.8. The average Bonchev–Trinajstić information content (AvgIpc) is 3.05. The Kier molecular flexibility index (Phi) is 6.21. The summed E-state index contributed by atoms with van der Waals surface area (Å²) in [7, 11) is 0. The van der Waals surface area contributed by atoms with Gasteiger partial charge in [-0.1, -0.05) is 47.1 Å². The highest BCUT2D eigenvalue weighted by Gasteiger charge is 2.17. The molecule has 1 aromatic heterocycles. The van der Waals surface area contributed by atoms with Crippen LogP contribution in [0.3, 0.4) is 0 Å². The molecule has 1 unspecified atom stereocenters. The van der Waals surface area contributed by atoms with Crippen LogP contribution >= 0.6 is 35.0 Å². The molecule has 4 N–H and O–H groups in total. The lowest BCUT2D eigenvalue weighted by Crippen LogP contribution is -2.24. The molecule has 0 saturated heterocycles. The largest absolute Gasteiger partial charge is 0.328 e. The van der Waals surface area contributed by atoms with Crippen LogP contribution in [0.1, 0.15) is 17.4 Å². The van der Waals surface area contributed by atoms with Crippen molar-refractivity contribution in [3.8, 4) is 5.69 Å². The van der Waals surface area contributed by atoms with Crippen LogP contribution in [-0.4, -0.2) is 16.1 Å². The van der Waals surface area contributed by atoms with E-state index in [0.717, 1.165) is 5.69 Å². The third-order valence-electron chi connectivity index (χ3n) is 3.81. The van der Waals surface area contributed by atoms with Crippen LogP contribution in [0.15, 0.2) is 53.7 Å². The smallest absolute Gasteiger partial charge is 0.132 e. The zero-order valence-electron chi connectivity index (χ0n) is 13.7. The van der Waals surface area contributed by atoms with E-state index in [9.17, 15) is 4.39 Å². The van der Waals surface area contributed by atoms with Gasteiger partial charge >= 0.3 is 0 Å². The summed E-state index contributed by atoms with van der Waals surface area (Å²) >= 11 is 13.6. The summed E-state index contributed by atoms with van der Waals surface area (Å²) in [5.41, 5.74) is 13.1. The lowest BCUT2D eigenvalue weighted by molar-refractivity contribution is 0.617. The van der Waals surface area contributed by atoms with E-state index < -0.39 is 6.04 Å². The van der Waals surface area contributed by atoms with Gasteiger partial charge in [-0.15, -0.1) is 0 Å². The van der Waals surface area contributed by atoms with Crippen LogP contribution in [0.4, 0.5) is 4.39 Å². The Morgan fingerprint density at radius 1 is 1.19 bits per heavy atom. The van der Waals surface area contributed by atoms with Gasteiger partial charge in [0.25, 0.3) is 0 Å². The summed E-state index contributed by atoms with van der Waals surface area (Å²) in [5, 5.41) is 1.70. The number of imidazole rings is 1. The molecule has 0 bridgehead atoms. The fourth-order valence-electron chi connectivity index (χ4n) is 2.46. The first-order valence-corrected chi connectivity index (χ1v) is 9.60. The Balaban J connectivity index is 1.91. The molecule has 0 aliphatic rings. The lowest BCUT2D eigenvalue weighted by Gasteiger charge is -2.12. The Labute approximate surface area is 165 Å². The SMILES string of the molecule is NCC(N)c1nc(SCc2c(F)cccc2Cl)cn1-c1cccc(Cl)c1. The second-order valence-electron chi connectivity index (χ2n) is 5.62. The molecule has 0 aliphatic carbocycles. The maximum Gasteiger partial charge on any atom is 0.132 e. The first-order valence-electron chi connectivity index (χ1n) is 7.86. The molecule has 0 spiro atoms. The van der Waals surface area contributed by atoms with E-state index in [-0.39, 0.29) is 12.4 Å². The third kappa shape index (κ3) is 4.22. The van der Waals surface area contributed by atoms with Gasteiger partial charge in [0.1, 0.15) is 16.7 Å². The number of hydrogen-bond donors (Lipinski definition) is 2. The predicted molar refractivity (Wildman–Crippen MR) is 106 cm³/mol. The van der Waals surface area contributed by atoms with Crippen molar-refractivity contribution in [2.24, 2.45) is 11.5 Å². The van der Waals surface area contributed by atoms with Crippen LogP contribution in [0.25, 0.3) is 5.69 Å². The van der Waals surface area contributed by atoms with E-state index in [1.807, 2.05) is 29.0 Å². The van der Waals surface area contributed by atoms with Crippen molar-refractivity contribution in [1.29, 1.82) is 0 Å². The average molecular weight is 411 g/mol. The number of hydrogen-bond acceptors (Lipinski definition) is 4. The summed E-state index contributed by atoms with van der Waals surface area (Å²) in [6.45, 7) is 0.251. The normalized spacial score (nSPS) is 12.3. The van der Waals surface area contributed by atoms with E-state index in [2.05, 4.69) is 4.98 Å². The molecular weight excluding hydrogens is 394 g/mol. The molecule has 26 heavy (non-hydrogen) atoms. The molecule has 0 saturated carbocycles. The van der Waals surface area contributed by atoms with Crippen molar-refractivity contribution in [2.45, 2.75) is 16.8 Å². The van der Waals surface area contributed by atoms with E-state index in [0.29, 0.717) is 32.2 Å². The third-order valence-corrected chi connectivity index (χ3v) is 5.32. The van der Waals surface area contributed by atoms with E-state index in [1.165, 1.54) is 17.8 Å². The van der Waals surface area contributed by atoms with Crippen molar-refractivity contribution in [3.63, 3.8) is 0 Å². The molecule has 0 amide bonds. The van der Waals surface area contributed by atoms with Gasteiger partial charge < -0.3 is 16.0 Å². The minimum absolute atomic E-state index is 0.251. The highest BCUT2D eigenvalue weighted by molar-refractivity contribution is 7.98. The maximum atomic E-state index is 14.0. The molecule has 136 valence electrons. The molecule has 1 atom stereocenters. The Morgan fingerprint density at radius 2 is 1.96 bits per heavy atom. The van der Waals surface area contributed by atoms with Crippen LogP contribution in [-0.2, 0) is 5.75 Å². The van der Waals surface area contributed by atoms with Crippen LogP contribution < -0.4 is 11.5 Å². The highest BCUT2D eigenvalue weighted by Crippen LogP contribution is 2.30. The lowest BCUT2D eigenvalue weighted by atomic mass is 10.2. The number of halogens is 3. The van der Waals surface area contributed by atoms with Gasteiger partial charge in [0, 0.05) is 39.8 Å². The summed E-state index contributed by atoms with van der Waals surface area (Å²) in [4.78, 5) is 4.57. The standard InChI is InChI=1S/C18H17Cl2FN4S/c19-11-3-1-4-12(7-11)25-9-17(24-18(25)16(23)8-22)26-10-13-14(20)5-2-6-15(13)21/h1-7,9,16H,8,10,22-23H2. The maximum absolute atomic E-state index is 14.0. The number of aromatic nitrogens is 2. The number of benzene rings is 2. The molecule has 4 nitrogen and oxygen atoms in total. The Morgan fingerprint density at radius 3 is 2.65 bits per heavy atom. The molecule has 0 radical (unpaired) electrons. The molecule has 8 heteroatoms.